The number of allylic oxidation sites excluding steroid dienone is 3. The summed E-state index contributed by atoms with van der Waals surface area (Å²) in [5.74, 6) is -1.28. The zero-order chi connectivity index (χ0) is 35.3. The van der Waals surface area contributed by atoms with E-state index in [1.165, 1.54) is 89.9 Å². The van der Waals surface area contributed by atoms with Crippen molar-refractivity contribution >= 4 is 17.8 Å². The number of carbonyl (C=O) groups excluding carboxylic acids is 2. The van der Waals surface area contributed by atoms with E-state index in [9.17, 15) is 19.5 Å². The largest absolute Gasteiger partial charge is 0.480 e. The van der Waals surface area contributed by atoms with E-state index in [4.69, 9.17) is 10.5 Å². The van der Waals surface area contributed by atoms with Crippen LogP contribution in [0.4, 0.5) is 0 Å². The topological polar surface area (TPSA) is 119 Å². The summed E-state index contributed by atoms with van der Waals surface area (Å²) in [5, 5.41) is 11.9. The number of amides is 1. The molecule has 7 nitrogen and oxygen atoms in total. The van der Waals surface area contributed by atoms with Crippen molar-refractivity contribution in [3.63, 3.8) is 0 Å². The van der Waals surface area contributed by atoms with E-state index in [0.29, 0.717) is 32.2 Å². The first-order valence-corrected chi connectivity index (χ1v) is 20.2. The maximum Gasteiger partial charge on any atom is 0.326 e. The Labute approximate surface area is 295 Å². The molecular formula is C41H76N2O5. The Morgan fingerprint density at radius 3 is 1.71 bits per heavy atom. The van der Waals surface area contributed by atoms with Gasteiger partial charge in [-0.05, 0) is 70.4 Å². The second-order valence-electron chi connectivity index (χ2n) is 13.7. The number of ether oxygens (including phenoxy) is 1. The third-order valence-corrected chi connectivity index (χ3v) is 9.00. The highest BCUT2D eigenvalue weighted by molar-refractivity contribution is 5.83. The summed E-state index contributed by atoms with van der Waals surface area (Å²) < 4.78 is 5.92. The van der Waals surface area contributed by atoms with Gasteiger partial charge in [-0.1, -0.05) is 148 Å². The number of hydrogen-bond donors (Lipinski definition) is 3. The third kappa shape index (κ3) is 32.4. The summed E-state index contributed by atoms with van der Waals surface area (Å²) in [7, 11) is 0. The molecule has 7 heteroatoms. The van der Waals surface area contributed by atoms with Gasteiger partial charge in [0.2, 0.25) is 5.91 Å². The van der Waals surface area contributed by atoms with E-state index in [-0.39, 0.29) is 18.0 Å². The lowest BCUT2D eigenvalue weighted by molar-refractivity contribution is -0.147. The Hall–Kier alpha value is -2.15. The zero-order valence-electron chi connectivity index (χ0n) is 31.3. The van der Waals surface area contributed by atoms with Gasteiger partial charge in [0.25, 0.3) is 0 Å². The van der Waals surface area contributed by atoms with Gasteiger partial charge in [-0.2, -0.15) is 0 Å². The summed E-state index contributed by atoms with van der Waals surface area (Å²) in [6.07, 6.45) is 39.5. The predicted octanol–water partition coefficient (Wildman–Crippen LogP) is 10.9. The van der Waals surface area contributed by atoms with Crippen molar-refractivity contribution in [1.82, 2.24) is 5.32 Å². The van der Waals surface area contributed by atoms with E-state index >= 15 is 0 Å². The summed E-state index contributed by atoms with van der Waals surface area (Å²) in [4.78, 5) is 36.1. The first-order chi connectivity index (χ1) is 23.4. The first-order valence-electron chi connectivity index (χ1n) is 20.2. The standard InChI is InChI=1S/C41H76N2O5/c1-3-5-7-9-11-13-14-15-17-19-25-29-35-40(45)48-37(31-26-22-18-16-12-10-8-6-4-2)32-27-23-20-21-24-28-34-39(44)43-38(41(46)47)33-30-36-42/h16,18,26,31,37-38H,3-15,17,19-25,27-30,32-36,42H2,1-2H3,(H,43,44)(H,46,47)/b18-16-,31-26-. The molecule has 48 heavy (non-hydrogen) atoms. The highest BCUT2D eigenvalue weighted by Crippen LogP contribution is 2.16. The normalized spacial score (nSPS) is 12.9. The van der Waals surface area contributed by atoms with Gasteiger partial charge in [0.1, 0.15) is 12.1 Å². The van der Waals surface area contributed by atoms with Crippen LogP contribution in [0.3, 0.4) is 0 Å². The van der Waals surface area contributed by atoms with Crippen molar-refractivity contribution in [3.05, 3.63) is 24.3 Å². The van der Waals surface area contributed by atoms with Crippen molar-refractivity contribution in [1.29, 1.82) is 0 Å². The molecule has 0 aliphatic heterocycles. The molecule has 0 saturated heterocycles. The number of carbonyl (C=O) groups is 3. The molecule has 0 bridgehead atoms. The Morgan fingerprint density at radius 2 is 1.15 bits per heavy atom. The number of unbranched alkanes of at least 4 members (excludes halogenated alkanes) is 20. The Kier molecular flexibility index (Phi) is 34.5. The minimum atomic E-state index is -1.01. The molecule has 2 unspecified atom stereocenters. The summed E-state index contributed by atoms with van der Waals surface area (Å²) in [5.41, 5.74) is 5.47. The molecule has 0 rings (SSSR count). The number of aliphatic carboxylic acids is 1. The number of hydrogen-bond acceptors (Lipinski definition) is 5. The van der Waals surface area contributed by atoms with Crippen LogP contribution < -0.4 is 11.1 Å². The predicted molar refractivity (Wildman–Crippen MR) is 202 cm³/mol. The van der Waals surface area contributed by atoms with Gasteiger partial charge < -0.3 is 20.9 Å². The van der Waals surface area contributed by atoms with Crippen molar-refractivity contribution in [2.75, 3.05) is 6.54 Å². The first kappa shape index (κ1) is 45.9. The third-order valence-electron chi connectivity index (χ3n) is 9.00. The molecule has 4 N–H and O–H groups in total. The molecule has 0 radical (unpaired) electrons. The van der Waals surface area contributed by atoms with Gasteiger partial charge >= 0.3 is 11.9 Å². The summed E-state index contributed by atoms with van der Waals surface area (Å²) >= 11 is 0. The van der Waals surface area contributed by atoms with Crippen LogP contribution in [0.1, 0.15) is 200 Å². The smallest absolute Gasteiger partial charge is 0.326 e. The highest BCUT2D eigenvalue weighted by Gasteiger charge is 2.18. The van der Waals surface area contributed by atoms with Gasteiger partial charge in [-0.15, -0.1) is 0 Å². The number of nitrogens with one attached hydrogen (secondary N) is 1. The maximum absolute atomic E-state index is 12.7. The second kappa shape index (κ2) is 36.1. The van der Waals surface area contributed by atoms with E-state index in [0.717, 1.165) is 70.6 Å². The van der Waals surface area contributed by atoms with Crippen molar-refractivity contribution in [3.8, 4) is 0 Å². The van der Waals surface area contributed by atoms with Crippen molar-refractivity contribution < 1.29 is 24.2 Å². The Bertz CT molecular complexity index is 813. The van der Waals surface area contributed by atoms with Gasteiger partial charge in [-0.3, -0.25) is 9.59 Å². The fraction of sp³-hybridized carbons (Fsp3) is 0.829. The molecule has 0 heterocycles. The second-order valence-corrected chi connectivity index (χ2v) is 13.7. The lowest BCUT2D eigenvalue weighted by atomic mass is 10.0. The van der Waals surface area contributed by atoms with Gasteiger partial charge in [0, 0.05) is 12.8 Å². The molecule has 0 fully saturated rings. The molecule has 0 aromatic carbocycles. The molecule has 0 aliphatic rings. The molecule has 0 aliphatic carbocycles. The van der Waals surface area contributed by atoms with Gasteiger partial charge in [-0.25, -0.2) is 4.79 Å². The lowest BCUT2D eigenvalue weighted by Gasteiger charge is -2.15. The van der Waals surface area contributed by atoms with Crippen LogP contribution in [-0.4, -0.2) is 41.6 Å². The van der Waals surface area contributed by atoms with Crippen LogP contribution >= 0.6 is 0 Å². The van der Waals surface area contributed by atoms with E-state index < -0.39 is 12.0 Å². The van der Waals surface area contributed by atoms with Crippen LogP contribution in [0.2, 0.25) is 0 Å². The van der Waals surface area contributed by atoms with Crippen LogP contribution in [0.5, 0.6) is 0 Å². The Balaban J connectivity index is 4.33. The molecule has 0 aromatic heterocycles. The van der Waals surface area contributed by atoms with E-state index in [2.05, 4.69) is 43.5 Å². The fourth-order valence-corrected chi connectivity index (χ4v) is 5.93. The molecular weight excluding hydrogens is 600 g/mol. The monoisotopic (exact) mass is 677 g/mol. The molecule has 0 saturated carbocycles. The number of carboxylic acids is 1. The van der Waals surface area contributed by atoms with Crippen LogP contribution in [0.25, 0.3) is 0 Å². The highest BCUT2D eigenvalue weighted by atomic mass is 16.5. The lowest BCUT2D eigenvalue weighted by Crippen LogP contribution is -2.40. The van der Waals surface area contributed by atoms with Crippen LogP contribution in [0.15, 0.2) is 24.3 Å². The minimum absolute atomic E-state index is 0.0744. The molecule has 0 spiro atoms. The van der Waals surface area contributed by atoms with E-state index in [1.807, 2.05) is 0 Å². The minimum Gasteiger partial charge on any atom is -0.480 e. The summed E-state index contributed by atoms with van der Waals surface area (Å²) in [6, 6.07) is -0.853. The molecule has 1 amide bonds. The average molecular weight is 677 g/mol. The van der Waals surface area contributed by atoms with Crippen LogP contribution in [0, 0.1) is 0 Å². The van der Waals surface area contributed by atoms with Crippen molar-refractivity contribution in [2.24, 2.45) is 5.73 Å². The zero-order valence-corrected chi connectivity index (χ0v) is 31.3. The Morgan fingerprint density at radius 1 is 0.625 bits per heavy atom. The number of carboxylic acid groups (broad SMARTS) is 1. The summed E-state index contributed by atoms with van der Waals surface area (Å²) in [6.45, 7) is 4.91. The number of esters is 1. The SMILES string of the molecule is CCCCCC/C=C\C/C=C\C(CCCCCCCCC(=O)NC(CCCN)C(=O)O)OC(=O)CCCCCCCCCCCCCC. The molecule has 2 atom stereocenters. The van der Waals surface area contributed by atoms with Gasteiger partial charge in [0.15, 0.2) is 0 Å². The van der Waals surface area contributed by atoms with Crippen LogP contribution in [-0.2, 0) is 19.1 Å². The molecule has 280 valence electrons. The quantitative estimate of drug-likeness (QED) is 0.0345. The van der Waals surface area contributed by atoms with E-state index in [1.54, 1.807) is 0 Å². The number of nitrogens with two attached hydrogens (primary N) is 1. The fourth-order valence-electron chi connectivity index (χ4n) is 5.93. The van der Waals surface area contributed by atoms with Crippen molar-refractivity contribution in [2.45, 2.75) is 212 Å². The van der Waals surface area contributed by atoms with Gasteiger partial charge in [0.05, 0.1) is 0 Å². The average Bonchev–Trinajstić information content (AvgIpc) is 3.07. The maximum atomic E-state index is 12.7. The number of rotatable bonds is 36. The molecule has 0 aromatic rings.